The van der Waals surface area contributed by atoms with Crippen molar-refractivity contribution in [2.24, 2.45) is 0 Å². The summed E-state index contributed by atoms with van der Waals surface area (Å²) >= 11 is 13.8. The molecule has 0 fully saturated rings. The molecule has 0 aliphatic heterocycles. The number of rotatable bonds is 5. The Morgan fingerprint density at radius 3 is 2.61 bits per heavy atom. The van der Waals surface area contributed by atoms with Gasteiger partial charge in [0, 0.05) is 12.1 Å². The van der Waals surface area contributed by atoms with Crippen LogP contribution >= 0.6 is 34.5 Å². The van der Waals surface area contributed by atoms with Crippen LogP contribution in [0, 0.1) is 0 Å². The van der Waals surface area contributed by atoms with E-state index in [9.17, 15) is 0 Å². The van der Waals surface area contributed by atoms with Crippen LogP contribution in [0.2, 0.25) is 10.0 Å². The molecule has 3 nitrogen and oxygen atoms in total. The van der Waals surface area contributed by atoms with Crippen molar-refractivity contribution in [2.75, 3.05) is 6.54 Å². The van der Waals surface area contributed by atoms with Crippen molar-refractivity contribution in [1.29, 1.82) is 0 Å². The van der Waals surface area contributed by atoms with Gasteiger partial charge in [0.05, 0.1) is 10.0 Å². The standard InChI is InChI=1S/C12H13Cl2N3S/c1-2-6-15-7-10-16-17-12(18-10)11-8(13)4-3-5-9(11)14/h3-5,15H,2,6-7H2,1H3. The molecule has 2 rings (SSSR count). The Morgan fingerprint density at radius 1 is 1.22 bits per heavy atom. The van der Waals surface area contributed by atoms with E-state index in [1.807, 2.05) is 6.07 Å². The lowest BCUT2D eigenvalue weighted by Gasteiger charge is -2.01. The molecule has 1 aromatic heterocycles. The Morgan fingerprint density at radius 2 is 1.94 bits per heavy atom. The van der Waals surface area contributed by atoms with Gasteiger partial charge in [0.1, 0.15) is 5.01 Å². The molecule has 2 aromatic rings. The van der Waals surface area contributed by atoms with Crippen LogP contribution < -0.4 is 5.32 Å². The zero-order chi connectivity index (χ0) is 13.0. The first-order valence-electron chi connectivity index (χ1n) is 5.70. The van der Waals surface area contributed by atoms with E-state index in [-0.39, 0.29) is 0 Å². The Kier molecular flexibility index (Phi) is 4.95. The highest BCUT2D eigenvalue weighted by Gasteiger charge is 2.13. The molecular formula is C12H13Cl2N3S. The van der Waals surface area contributed by atoms with Crippen LogP contribution in [-0.2, 0) is 6.54 Å². The van der Waals surface area contributed by atoms with Crippen LogP contribution in [0.1, 0.15) is 18.4 Å². The second kappa shape index (κ2) is 6.48. The maximum absolute atomic E-state index is 6.14. The molecule has 0 saturated heterocycles. The fraction of sp³-hybridized carbons (Fsp3) is 0.333. The van der Waals surface area contributed by atoms with E-state index < -0.39 is 0 Å². The zero-order valence-corrected chi connectivity index (χ0v) is 12.2. The van der Waals surface area contributed by atoms with Crippen molar-refractivity contribution >= 4 is 34.5 Å². The van der Waals surface area contributed by atoms with Crippen LogP contribution in [0.4, 0.5) is 0 Å². The monoisotopic (exact) mass is 301 g/mol. The lowest BCUT2D eigenvalue weighted by molar-refractivity contribution is 0.668. The zero-order valence-electron chi connectivity index (χ0n) is 9.91. The Hall–Kier alpha value is -0.680. The predicted octanol–water partition coefficient (Wildman–Crippen LogP) is 4.01. The van der Waals surface area contributed by atoms with Gasteiger partial charge >= 0.3 is 0 Å². The van der Waals surface area contributed by atoms with E-state index in [1.54, 1.807) is 12.1 Å². The van der Waals surface area contributed by atoms with Crippen LogP contribution in [0.3, 0.4) is 0 Å². The molecule has 0 radical (unpaired) electrons. The second-order valence-corrected chi connectivity index (χ2v) is 5.65. The maximum atomic E-state index is 6.14. The molecule has 1 N–H and O–H groups in total. The van der Waals surface area contributed by atoms with Crippen molar-refractivity contribution in [2.45, 2.75) is 19.9 Å². The summed E-state index contributed by atoms with van der Waals surface area (Å²) in [5, 5.41) is 14.5. The van der Waals surface area contributed by atoms with Crippen molar-refractivity contribution < 1.29 is 0 Å². The third kappa shape index (κ3) is 3.20. The van der Waals surface area contributed by atoms with E-state index in [0.717, 1.165) is 35.1 Å². The van der Waals surface area contributed by atoms with Crippen molar-refractivity contribution in [1.82, 2.24) is 15.5 Å². The third-order valence-electron chi connectivity index (χ3n) is 2.35. The SMILES string of the molecule is CCCNCc1nnc(-c2c(Cl)cccc2Cl)s1. The lowest BCUT2D eigenvalue weighted by atomic mass is 10.2. The second-order valence-electron chi connectivity index (χ2n) is 3.77. The van der Waals surface area contributed by atoms with Crippen molar-refractivity contribution in [3.05, 3.63) is 33.3 Å². The molecule has 0 unspecified atom stereocenters. The largest absolute Gasteiger partial charge is 0.310 e. The molecule has 1 heterocycles. The fourth-order valence-corrected chi connectivity index (χ4v) is 3.07. The minimum Gasteiger partial charge on any atom is -0.310 e. The van der Waals surface area contributed by atoms with E-state index in [0.29, 0.717) is 10.0 Å². The van der Waals surface area contributed by atoms with E-state index >= 15 is 0 Å². The number of nitrogens with one attached hydrogen (secondary N) is 1. The molecule has 18 heavy (non-hydrogen) atoms. The third-order valence-corrected chi connectivity index (χ3v) is 3.92. The number of hydrogen-bond donors (Lipinski definition) is 1. The molecule has 1 aromatic carbocycles. The van der Waals surface area contributed by atoms with Gasteiger partial charge in [0.25, 0.3) is 0 Å². The highest BCUT2D eigenvalue weighted by molar-refractivity contribution is 7.14. The van der Waals surface area contributed by atoms with E-state index in [4.69, 9.17) is 23.2 Å². The Balaban J connectivity index is 2.19. The first-order chi connectivity index (χ1) is 8.72. The molecule has 0 amide bonds. The van der Waals surface area contributed by atoms with Crippen molar-refractivity contribution in [3.63, 3.8) is 0 Å². The number of benzene rings is 1. The smallest absolute Gasteiger partial charge is 0.150 e. The summed E-state index contributed by atoms with van der Waals surface area (Å²) in [6.07, 6.45) is 1.10. The van der Waals surface area contributed by atoms with E-state index in [2.05, 4.69) is 22.4 Å². The van der Waals surface area contributed by atoms with Gasteiger partial charge in [0.15, 0.2) is 5.01 Å². The minimum atomic E-state index is 0.603. The molecular weight excluding hydrogens is 289 g/mol. The first kappa shape index (κ1) is 13.7. The summed E-state index contributed by atoms with van der Waals surface area (Å²) in [5.74, 6) is 0. The first-order valence-corrected chi connectivity index (χ1v) is 7.27. The average molecular weight is 302 g/mol. The summed E-state index contributed by atoms with van der Waals surface area (Å²) in [6.45, 7) is 3.83. The minimum absolute atomic E-state index is 0.603. The molecule has 0 saturated carbocycles. The van der Waals surface area contributed by atoms with Gasteiger partial charge in [-0.3, -0.25) is 0 Å². The van der Waals surface area contributed by atoms with Gasteiger partial charge < -0.3 is 5.32 Å². The molecule has 0 aliphatic rings. The fourth-order valence-electron chi connectivity index (χ4n) is 1.50. The highest BCUT2D eigenvalue weighted by atomic mass is 35.5. The van der Waals surface area contributed by atoms with Gasteiger partial charge in [-0.1, -0.05) is 47.5 Å². The maximum Gasteiger partial charge on any atom is 0.150 e. The summed E-state index contributed by atoms with van der Waals surface area (Å²) < 4.78 is 0. The molecule has 0 atom stereocenters. The Labute approximate surface area is 120 Å². The molecule has 96 valence electrons. The van der Waals surface area contributed by atoms with Gasteiger partial charge in [-0.15, -0.1) is 10.2 Å². The predicted molar refractivity (Wildman–Crippen MR) is 77.4 cm³/mol. The summed E-state index contributed by atoms with van der Waals surface area (Å²) in [4.78, 5) is 0. The molecule has 6 heteroatoms. The molecule has 0 spiro atoms. The average Bonchev–Trinajstić information content (AvgIpc) is 2.78. The summed E-state index contributed by atoms with van der Waals surface area (Å²) in [7, 11) is 0. The van der Waals surface area contributed by atoms with Crippen LogP contribution in [0.25, 0.3) is 10.6 Å². The lowest BCUT2D eigenvalue weighted by Crippen LogP contribution is -2.13. The van der Waals surface area contributed by atoms with Gasteiger partial charge in [-0.05, 0) is 25.1 Å². The van der Waals surface area contributed by atoms with Crippen LogP contribution in [0.5, 0.6) is 0 Å². The van der Waals surface area contributed by atoms with Gasteiger partial charge in [-0.2, -0.15) is 0 Å². The number of halogens is 2. The van der Waals surface area contributed by atoms with Gasteiger partial charge in [-0.25, -0.2) is 0 Å². The van der Waals surface area contributed by atoms with Crippen LogP contribution in [-0.4, -0.2) is 16.7 Å². The quantitative estimate of drug-likeness (QED) is 0.848. The normalized spacial score (nSPS) is 10.8. The number of aromatic nitrogens is 2. The van der Waals surface area contributed by atoms with Crippen LogP contribution in [0.15, 0.2) is 18.2 Å². The topological polar surface area (TPSA) is 37.8 Å². The molecule has 0 aliphatic carbocycles. The van der Waals surface area contributed by atoms with Gasteiger partial charge in [0.2, 0.25) is 0 Å². The molecule has 0 bridgehead atoms. The summed E-state index contributed by atoms with van der Waals surface area (Å²) in [5.41, 5.74) is 0.764. The number of nitrogens with zero attached hydrogens (tertiary/aromatic N) is 2. The van der Waals surface area contributed by atoms with E-state index in [1.165, 1.54) is 11.3 Å². The number of hydrogen-bond acceptors (Lipinski definition) is 4. The highest BCUT2D eigenvalue weighted by Crippen LogP contribution is 2.35. The Bertz CT molecular complexity index is 508. The summed E-state index contributed by atoms with van der Waals surface area (Å²) in [6, 6.07) is 5.43. The van der Waals surface area contributed by atoms with Crippen molar-refractivity contribution in [3.8, 4) is 10.6 Å².